The Balaban J connectivity index is 1.33. The predicted molar refractivity (Wildman–Crippen MR) is 97.5 cm³/mol. The molecule has 0 amide bonds. The SMILES string of the molecule is C[n+]1cc[nH]c1CCCCCCCCCCCCc1[nH]cc[n+]1C. The van der Waals surface area contributed by atoms with Crippen molar-refractivity contribution >= 4 is 0 Å². The van der Waals surface area contributed by atoms with Crippen molar-refractivity contribution in [2.24, 2.45) is 14.1 Å². The third kappa shape index (κ3) is 6.90. The lowest BCUT2D eigenvalue weighted by Crippen LogP contribution is -2.30. The zero-order valence-corrected chi connectivity index (χ0v) is 15.7. The van der Waals surface area contributed by atoms with Crippen LogP contribution in [0.15, 0.2) is 24.8 Å². The summed E-state index contributed by atoms with van der Waals surface area (Å²) in [5.41, 5.74) is 0. The third-order valence-corrected chi connectivity index (χ3v) is 5.02. The summed E-state index contributed by atoms with van der Waals surface area (Å²) in [4.78, 5) is 6.63. The first-order valence-corrected chi connectivity index (χ1v) is 9.81. The minimum Gasteiger partial charge on any atom is -0.248 e. The van der Waals surface area contributed by atoms with Gasteiger partial charge >= 0.3 is 0 Å². The van der Waals surface area contributed by atoms with Gasteiger partial charge in [0.2, 0.25) is 0 Å². The maximum Gasteiger partial charge on any atom is 0.253 e. The van der Waals surface area contributed by atoms with Gasteiger partial charge in [0, 0.05) is 12.8 Å². The van der Waals surface area contributed by atoms with E-state index in [0.29, 0.717) is 0 Å². The summed E-state index contributed by atoms with van der Waals surface area (Å²) in [7, 11) is 4.23. The fourth-order valence-electron chi connectivity index (χ4n) is 3.37. The summed E-state index contributed by atoms with van der Waals surface area (Å²) in [6.45, 7) is 0. The maximum absolute atomic E-state index is 3.31. The molecule has 4 heteroatoms. The molecule has 4 nitrogen and oxygen atoms in total. The summed E-state index contributed by atoms with van der Waals surface area (Å²) >= 11 is 0. The lowest BCUT2D eigenvalue weighted by molar-refractivity contribution is -0.678. The van der Waals surface area contributed by atoms with Gasteiger partial charge in [-0.3, -0.25) is 0 Å². The molecule has 0 aliphatic carbocycles. The van der Waals surface area contributed by atoms with E-state index in [2.05, 4.69) is 45.6 Å². The van der Waals surface area contributed by atoms with Crippen molar-refractivity contribution in [1.82, 2.24) is 9.97 Å². The minimum absolute atomic E-state index is 1.18. The summed E-state index contributed by atoms with van der Waals surface area (Å²) in [5, 5.41) is 0. The Labute approximate surface area is 147 Å². The standard InChI is InChI=1S/C20H34N4/c1-23-17-15-21-19(23)13-11-9-7-5-3-4-6-8-10-12-14-20-22-16-18-24(20)2/h15-18H,3-14H2,1-2H3/p+2. The molecule has 2 aromatic rings. The molecule has 0 spiro atoms. The molecular formula is C20H36N4+2. The van der Waals surface area contributed by atoms with Crippen LogP contribution in [0.4, 0.5) is 0 Å². The number of H-pyrrole nitrogens is 2. The molecule has 0 aliphatic heterocycles. The highest BCUT2D eigenvalue weighted by Gasteiger charge is 2.06. The fraction of sp³-hybridized carbons (Fsp3) is 0.700. The van der Waals surface area contributed by atoms with Gasteiger partial charge in [-0.25, -0.2) is 19.1 Å². The zero-order chi connectivity index (χ0) is 17.0. The number of hydrogen-bond acceptors (Lipinski definition) is 0. The van der Waals surface area contributed by atoms with E-state index in [9.17, 15) is 0 Å². The van der Waals surface area contributed by atoms with Gasteiger partial charge in [0.05, 0.1) is 14.1 Å². The van der Waals surface area contributed by atoms with Crippen LogP contribution in [-0.4, -0.2) is 9.97 Å². The molecule has 2 rings (SSSR count). The number of nitrogens with one attached hydrogen (secondary N) is 2. The molecular weight excluding hydrogens is 296 g/mol. The summed E-state index contributed by atoms with van der Waals surface area (Å²) in [5.74, 6) is 2.70. The van der Waals surface area contributed by atoms with Crippen molar-refractivity contribution < 1.29 is 9.13 Å². The molecule has 0 bridgehead atoms. The topological polar surface area (TPSA) is 39.3 Å². The lowest BCUT2D eigenvalue weighted by atomic mass is 10.0. The molecule has 2 aromatic heterocycles. The fourth-order valence-corrected chi connectivity index (χ4v) is 3.37. The van der Waals surface area contributed by atoms with Crippen LogP contribution in [0, 0.1) is 0 Å². The van der Waals surface area contributed by atoms with Gasteiger partial charge in [-0.15, -0.1) is 0 Å². The normalized spacial score (nSPS) is 11.2. The molecule has 0 saturated heterocycles. The van der Waals surface area contributed by atoms with Crippen molar-refractivity contribution in [3.8, 4) is 0 Å². The van der Waals surface area contributed by atoms with Crippen LogP contribution in [0.25, 0.3) is 0 Å². The van der Waals surface area contributed by atoms with Crippen molar-refractivity contribution in [2.75, 3.05) is 0 Å². The zero-order valence-electron chi connectivity index (χ0n) is 15.7. The third-order valence-electron chi connectivity index (χ3n) is 5.02. The average Bonchev–Trinajstić information content (AvgIpc) is 3.17. The smallest absolute Gasteiger partial charge is 0.248 e. The predicted octanol–water partition coefficient (Wildman–Crippen LogP) is 3.68. The molecule has 0 saturated carbocycles. The van der Waals surface area contributed by atoms with E-state index in [1.54, 1.807) is 0 Å². The first-order chi connectivity index (χ1) is 11.8. The van der Waals surface area contributed by atoms with Gasteiger partial charge < -0.3 is 0 Å². The molecule has 2 N–H and O–H groups in total. The van der Waals surface area contributed by atoms with E-state index in [0.717, 1.165) is 0 Å². The number of unbranched alkanes of at least 4 members (excludes halogenated alkanes) is 9. The van der Waals surface area contributed by atoms with Gasteiger partial charge in [0.1, 0.15) is 24.8 Å². The van der Waals surface area contributed by atoms with Gasteiger partial charge in [0.25, 0.3) is 11.6 Å². The molecule has 0 atom stereocenters. The Bertz CT molecular complexity index is 505. The Hall–Kier alpha value is -1.58. The molecule has 0 aromatic carbocycles. The van der Waals surface area contributed by atoms with Crippen LogP contribution in [0.1, 0.15) is 75.9 Å². The van der Waals surface area contributed by atoms with E-state index in [1.807, 2.05) is 12.4 Å². The van der Waals surface area contributed by atoms with E-state index < -0.39 is 0 Å². The van der Waals surface area contributed by atoms with Gasteiger partial charge in [-0.1, -0.05) is 51.4 Å². The molecule has 24 heavy (non-hydrogen) atoms. The highest BCUT2D eigenvalue weighted by Crippen LogP contribution is 2.12. The van der Waals surface area contributed by atoms with Crippen molar-refractivity contribution in [1.29, 1.82) is 0 Å². The summed E-state index contributed by atoms with van der Waals surface area (Å²) in [6, 6.07) is 0. The summed E-state index contributed by atoms with van der Waals surface area (Å²) in [6.07, 6.45) is 24.4. The van der Waals surface area contributed by atoms with Crippen molar-refractivity contribution in [3.05, 3.63) is 36.4 Å². The van der Waals surface area contributed by atoms with Crippen molar-refractivity contribution in [3.63, 3.8) is 0 Å². The van der Waals surface area contributed by atoms with Crippen LogP contribution in [0.2, 0.25) is 0 Å². The largest absolute Gasteiger partial charge is 0.253 e. The summed E-state index contributed by atoms with van der Waals surface area (Å²) < 4.78 is 4.38. The van der Waals surface area contributed by atoms with E-state index in [4.69, 9.17) is 0 Å². The number of nitrogens with zero attached hydrogens (tertiary/aromatic N) is 2. The number of rotatable bonds is 13. The first kappa shape index (κ1) is 18.8. The highest BCUT2D eigenvalue weighted by atomic mass is 15.0. The Morgan fingerprint density at radius 1 is 0.583 bits per heavy atom. The number of aromatic amines is 2. The number of aryl methyl sites for hydroxylation is 4. The maximum atomic E-state index is 3.31. The number of aromatic nitrogens is 4. The Morgan fingerprint density at radius 3 is 1.21 bits per heavy atom. The van der Waals surface area contributed by atoms with Gasteiger partial charge in [0.15, 0.2) is 0 Å². The van der Waals surface area contributed by atoms with Crippen molar-refractivity contribution in [2.45, 2.75) is 77.0 Å². The molecule has 2 heterocycles. The van der Waals surface area contributed by atoms with Crippen LogP contribution >= 0.6 is 0 Å². The lowest BCUT2D eigenvalue weighted by Gasteiger charge is -2.02. The van der Waals surface area contributed by atoms with E-state index >= 15 is 0 Å². The minimum atomic E-state index is 1.18. The van der Waals surface area contributed by atoms with Crippen LogP contribution in [0.3, 0.4) is 0 Å². The van der Waals surface area contributed by atoms with Gasteiger partial charge in [-0.05, 0) is 12.8 Å². The molecule has 0 radical (unpaired) electrons. The molecule has 0 aliphatic rings. The Morgan fingerprint density at radius 2 is 0.917 bits per heavy atom. The number of hydrogen-bond donors (Lipinski definition) is 2. The second-order valence-corrected chi connectivity index (χ2v) is 7.07. The second-order valence-electron chi connectivity index (χ2n) is 7.07. The Kier molecular flexibility index (Phi) is 8.64. The van der Waals surface area contributed by atoms with Crippen LogP contribution < -0.4 is 9.13 Å². The average molecular weight is 333 g/mol. The van der Waals surface area contributed by atoms with E-state index in [1.165, 1.54) is 88.7 Å². The van der Waals surface area contributed by atoms with Gasteiger partial charge in [-0.2, -0.15) is 0 Å². The first-order valence-electron chi connectivity index (χ1n) is 9.81. The molecule has 0 unspecified atom stereocenters. The highest BCUT2D eigenvalue weighted by molar-refractivity contribution is 4.77. The number of imidazole rings is 2. The quantitative estimate of drug-likeness (QED) is 0.415. The van der Waals surface area contributed by atoms with E-state index in [-0.39, 0.29) is 0 Å². The van der Waals surface area contributed by atoms with Crippen LogP contribution in [0.5, 0.6) is 0 Å². The molecule has 134 valence electrons. The monoisotopic (exact) mass is 332 g/mol. The molecule has 0 fully saturated rings. The van der Waals surface area contributed by atoms with Crippen LogP contribution in [-0.2, 0) is 26.9 Å². The second kappa shape index (κ2) is 11.1.